The topological polar surface area (TPSA) is 34.1 Å². The standard InChI is InChI=1S/C14H20O2S/c1-4-13(15)6-5-9-17(16)14-8-7-11(2)10-12(14)3/h7-8,10H,4-6,9H2,1-3H3. The normalized spacial score (nSPS) is 12.4. The van der Waals surface area contributed by atoms with E-state index in [0.29, 0.717) is 25.0 Å². The third-order valence-corrected chi connectivity index (χ3v) is 4.36. The summed E-state index contributed by atoms with van der Waals surface area (Å²) in [5, 5.41) is 0. The van der Waals surface area contributed by atoms with Gasteiger partial charge in [-0.3, -0.25) is 9.00 Å². The molecule has 0 aliphatic heterocycles. The average Bonchev–Trinajstić information content (AvgIpc) is 2.28. The maximum absolute atomic E-state index is 12.0. The first kappa shape index (κ1) is 14.1. The van der Waals surface area contributed by atoms with Gasteiger partial charge >= 0.3 is 0 Å². The van der Waals surface area contributed by atoms with E-state index in [4.69, 9.17) is 0 Å². The Bertz CT molecular complexity index is 424. The Labute approximate surface area is 106 Å². The van der Waals surface area contributed by atoms with Crippen LogP contribution in [0.1, 0.15) is 37.3 Å². The first-order valence-corrected chi connectivity index (χ1v) is 7.33. The van der Waals surface area contributed by atoms with Crippen LogP contribution in [0.4, 0.5) is 0 Å². The summed E-state index contributed by atoms with van der Waals surface area (Å²) in [6.07, 6.45) is 1.84. The first-order valence-electron chi connectivity index (χ1n) is 6.02. The van der Waals surface area contributed by atoms with Crippen molar-refractivity contribution in [2.45, 2.75) is 44.9 Å². The molecule has 94 valence electrons. The predicted molar refractivity (Wildman–Crippen MR) is 71.7 cm³/mol. The third kappa shape index (κ3) is 4.43. The van der Waals surface area contributed by atoms with Crippen LogP contribution in [0.3, 0.4) is 0 Å². The largest absolute Gasteiger partial charge is 0.300 e. The molecule has 0 saturated carbocycles. The lowest BCUT2D eigenvalue weighted by molar-refractivity contribution is -0.118. The Kier molecular flexibility index (Phi) is 5.56. The van der Waals surface area contributed by atoms with Gasteiger partial charge in [-0.15, -0.1) is 0 Å². The van der Waals surface area contributed by atoms with Gasteiger partial charge in [0, 0.05) is 23.5 Å². The molecule has 0 aliphatic rings. The number of carbonyl (C=O) groups excluding carboxylic acids is 1. The van der Waals surface area contributed by atoms with Crippen molar-refractivity contribution in [1.29, 1.82) is 0 Å². The van der Waals surface area contributed by atoms with E-state index < -0.39 is 10.8 Å². The molecule has 17 heavy (non-hydrogen) atoms. The van der Waals surface area contributed by atoms with Crippen molar-refractivity contribution in [3.05, 3.63) is 29.3 Å². The minimum Gasteiger partial charge on any atom is -0.300 e. The highest BCUT2D eigenvalue weighted by Gasteiger charge is 2.08. The number of rotatable bonds is 6. The van der Waals surface area contributed by atoms with E-state index in [0.717, 1.165) is 10.5 Å². The molecule has 3 heteroatoms. The summed E-state index contributed by atoms with van der Waals surface area (Å²) in [4.78, 5) is 12.0. The summed E-state index contributed by atoms with van der Waals surface area (Å²) in [5.41, 5.74) is 2.26. The van der Waals surface area contributed by atoms with E-state index in [1.54, 1.807) is 0 Å². The first-order chi connectivity index (χ1) is 8.04. The van der Waals surface area contributed by atoms with Gasteiger partial charge in [-0.05, 0) is 31.9 Å². The number of aryl methyl sites for hydroxylation is 2. The van der Waals surface area contributed by atoms with Gasteiger partial charge in [0.15, 0.2) is 0 Å². The molecule has 0 aromatic heterocycles. The van der Waals surface area contributed by atoms with Crippen LogP contribution in [0, 0.1) is 13.8 Å². The lowest BCUT2D eigenvalue weighted by Gasteiger charge is -2.06. The molecule has 1 rings (SSSR count). The number of ketones is 1. The fraction of sp³-hybridized carbons (Fsp3) is 0.500. The molecule has 1 aromatic rings. The van der Waals surface area contributed by atoms with Crippen molar-refractivity contribution in [1.82, 2.24) is 0 Å². The van der Waals surface area contributed by atoms with Crippen LogP contribution in [-0.2, 0) is 15.6 Å². The van der Waals surface area contributed by atoms with E-state index in [9.17, 15) is 9.00 Å². The molecule has 0 N–H and O–H groups in total. The minimum absolute atomic E-state index is 0.252. The van der Waals surface area contributed by atoms with E-state index >= 15 is 0 Å². The summed E-state index contributed by atoms with van der Waals surface area (Å²) in [6.45, 7) is 5.88. The van der Waals surface area contributed by atoms with Gasteiger partial charge in [-0.1, -0.05) is 24.6 Å². The summed E-state index contributed by atoms with van der Waals surface area (Å²) in [6, 6.07) is 5.96. The molecule has 0 amide bonds. The second kappa shape index (κ2) is 6.70. The Morgan fingerprint density at radius 2 is 2.00 bits per heavy atom. The number of hydrogen-bond donors (Lipinski definition) is 0. The van der Waals surface area contributed by atoms with E-state index in [-0.39, 0.29) is 5.78 Å². The van der Waals surface area contributed by atoms with Crippen molar-refractivity contribution in [2.24, 2.45) is 0 Å². The van der Waals surface area contributed by atoms with Crippen molar-refractivity contribution in [3.8, 4) is 0 Å². The molecule has 1 aromatic carbocycles. The van der Waals surface area contributed by atoms with Crippen molar-refractivity contribution in [2.75, 3.05) is 5.75 Å². The molecule has 0 spiro atoms. The fourth-order valence-electron chi connectivity index (χ4n) is 1.74. The zero-order chi connectivity index (χ0) is 12.8. The quantitative estimate of drug-likeness (QED) is 0.779. The fourth-order valence-corrected chi connectivity index (χ4v) is 3.01. The average molecular weight is 252 g/mol. The highest BCUT2D eigenvalue weighted by molar-refractivity contribution is 7.85. The molecule has 0 fully saturated rings. The molecule has 0 bridgehead atoms. The second-order valence-corrected chi connectivity index (χ2v) is 5.85. The second-order valence-electron chi connectivity index (χ2n) is 4.31. The zero-order valence-electron chi connectivity index (χ0n) is 10.8. The van der Waals surface area contributed by atoms with Crippen LogP contribution in [-0.4, -0.2) is 15.7 Å². The lowest BCUT2D eigenvalue weighted by atomic mass is 10.2. The molecule has 1 unspecified atom stereocenters. The summed E-state index contributed by atoms with van der Waals surface area (Å²) in [7, 11) is -0.974. The molecule has 1 atom stereocenters. The van der Waals surface area contributed by atoms with Gasteiger partial charge in [-0.2, -0.15) is 0 Å². The molecular weight excluding hydrogens is 232 g/mol. The smallest absolute Gasteiger partial charge is 0.132 e. The molecule has 0 saturated heterocycles. The Morgan fingerprint density at radius 1 is 1.29 bits per heavy atom. The van der Waals surface area contributed by atoms with Crippen LogP contribution in [0.15, 0.2) is 23.1 Å². The Hall–Kier alpha value is -0.960. The molecule has 0 radical (unpaired) electrons. The highest BCUT2D eigenvalue weighted by Crippen LogP contribution is 2.16. The van der Waals surface area contributed by atoms with Crippen LogP contribution in [0.5, 0.6) is 0 Å². The summed E-state index contributed by atoms with van der Waals surface area (Å²) in [5.74, 6) is 0.831. The van der Waals surface area contributed by atoms with Crippen LogP contribution >= 0.6 is 0 Å². The maximum Gasteiger partial charge on any atom is 0.132 e. The Morgan fingerprint density at radius 3 is 2.59 bits per heavy atom. The highest BCUT2D eigenvalue weighted by atomic mass is 32.2. The van der Waals surface area contributed by atoms with E-state index in [1.807, 2.05) is 39.0 Å². The van der Waals surface area contributed by atoms with Gasteiger partial charge in [0.1, 0.15) is 5.78 Å². The van der Waals surface area contributed by atoms with Crippen molar-refractivity contribution in [3.63, 3.8) is 0 Å². The predicted octanol–water partition coefficient (Wildman–Crippen LogP) is 3.17. The van der Waals surface area contributed by atoms with Gasteiger partial charge in [0.05, 0.1) is 10.8 Å². The van der Waals surface area contributed by atoms with Gasteiger partial charge < -0.3 is 0 Å². The Balaban J connectivity index is 2.55. The van der Waals surface area contributed by atoms with Crippen LogP contribution < -0.4 is 0 Å². The van der Waals surface area contributed by atoms with Gasteiger partial charge in [0.2, 0.25) is 0 Å². The summed E-state index contributed by atoms with van der Waals surface area (Å²) < 4.78 is 12.0. The van der Waals surface area contributed by atoms with Gasteiger partial charge in [-0.25, -0.2) is 0 Å². The third-order valence-electron chi connectivity index (χ3n) is 2.76. The number of carbonyl (C=O) groups is 1. The minimum atomic E-state index is -0.974. The van der Waals surface area contributed by atoms with E-state index in [1.165, 1.54) is 5.56 Å². The molecular formula is C14H20O2S. The van der Waals surface area contributed by atoms with Gasteiger partial charge in [0.25, 0.3) is 0 Å². The molecule has 0 aliphatic carbocycles. The van der Waals surface area contributed by atoms with Crippen LogP contribution in [0.2, 0.25) is 0 Å². The molecule has 0 heterocycles. The maximum atomic E-state index is 12.0. The zero-order valence-corrected chi connectivity index (χ0v) is 11.6. The summed E-state index contributed by atoms with van der Waals surface area (Å²) >= 11 is 0. The number of Topliss-reactive ketones (excluding diaryl/α,β-unsaturated/α-hetero) is 1. The lowest BCUT2D eigenvalue weighted by Crippen LogP contribution is -2.03. The number of benzene rings is 1. The molecule has 2 nitrogen and oxygen atoms in total. The van der Waals surface area contributed by atoms with Crippen molar-refractivity contribution < 1.29 is 9.00 Å². The van der Waals surface area contributed by atoms with Crippen LogP contribution in [0.25, 0.3) is 0 Å². The number of hydrogen-bond acceptors (Lipinski definition) is 2. The van der Waals surface area contributed by atoms with E-state index in [2.05, 4.69) is 0 Å². The monoisotopic (exact) mass is 252 g/mol. The van der Waals surface area contributed by atoms with Crippen molar-refractivity contribution >= 4 is 16.6 Å². The SMILES string of the molecule is CCC(=O)CCCS(=O)c1ccc(C)cc1C.